The summed E-state index contributed by atoms with van der Waals surface area (Å²) in [5.41, 5.74) is 0.357. The lowest BCUT2D eigenvalue weighted by Gasteiger charge is -2.18. The molecule has 2 heteroatoms. The minimum Gasteiger partial charge on any atom is -0.396 e. The van der Waals surface area contributed by atoms with E-state index in [9.17, 15) is 0 Å². The van der Waals surface area contributed by atoms with Crippen molar-refractivity contribution in [3.8, 4) is 0 Å². The first-order chi connectivity index (χ1) is 4.56. The number of rotatable bonds is 4. The van der Waals surface area contributed by atoms with Crippen molar-refractivity contribution in [1.82, 2.24) is 5.32 Å². The van der Waals surface area contributed by atoms with Gasteiger partial charge in [-0.15, -0.1) is 0 Å². The number of aliphatic hydroxyl groups is 1. The van der Waals surface area contributed by atoms with Gasteiger partial charge in [0.1, 0.15) is 0 Å². The van der Waals surface area contributed by atoms with Crippen LogP contribution in [0.1, 0.15) is 27.2 Å². The number of hydrogen-bond acceptors (Lipinski definition) is 2. The van der Waals surface area contributed by atoms with E-state index in [1.54, 1.807) is 0 Å². The molecule has 0 bridgehead atoms. The van der Waals surface area contributed by atoms with Crippen LogP contribution < -0.4 is 5.32 Å². The summed E-state index contributed by atoms with van der Waals surface area (Å²) in [5, 5.41) is 11.7. The van der Waals surface area contributed by atoms with Crippen molar-refractivity contribution in [2.75, 3.05) is 19.7 Å². The first kappa shape index (κ1) is 9.92. The zero-order chi connectivity index (χ0) is 8.04. The Kier molecular flexibility index (Phi) is 4.65. The third kappa shape index (κ3) is 7.92. The molecule has 0 unspecified atom stereocenters. The van der Waals surface area contributed by atoms with Crippen molar-refractivity contribution in [2.24, 2.45) is 5.41 Å². The van der Waals surface area contributed by atoms with Gasteiger partial charge < -0.3 is 10.4 Å². The first-order valence-electron chi connectivity index (χ1n) is 3.88. The minimum atomic E-state index is 0.289. The molecule has 0 heterocycles. The molecule has 0 atom stereocenters. The van der Waals surface area contributed by atoms with Crippen LogP contribution >= 0.6 is 0 Å². The van der Waals surface area contributed by atoms with Crippen LogP contribution in [-0.2, 0) is 0 Å². The van der Waals surface area contributed by atoms with Gasteiger partial charge in [-0.3, -0.25) is 0 Å². The van der Waals surface area contributed by atoms with E-state index >= 15 is 0 Å². The Morgan fingerprint density at radius 1 is 1.30 bits per heavy atom. The Balaban J connectivity index is 3.04. The van der Waals surface area contributed by atoms with Gasteiger partial charge in [0.15, 0.2) is 0 Å². The maximum absolute atomic E-state index is 8.46. The van der Waals surface area contributed by atoms with Gasteiger partial charge in [-0.25, -0.2) is 0 Å². The molecule has 0 aromatic carbocycles. The fraction of sp³-hybridized carbons (Fsp3) is 1.00. The lowest BCUT2D eigenvalue weighted by atomic mass is 9.97. The SMILES string of the molecule is CC(C)(C)CNCCCO. The summed E-state index contributed by atoms with van der Waals surface area (Å²) in [6.07, 6.45) is 0.857. The third-order valence-electron chi connectivity index (χ3n) is 1.17. The second-order valence-corrected chi connectivity index (χ2v) is 3.81. The molecule has 0 aliphatic carbocycles. The molecule has 0 amide bonds. The average molecular weight is 145 g/mol. The average Bonchev–Trinajstić information content (AvgIpc) is 1.78. The molecule has 0 radical (unpaired) electrons. The second kappa shape index (κ2) is 4.69. The summed E-state index contributed by atoms with van der Waals surface area (Å²) >= 11 is 0. The van der Waals surface area contributed by atoms with Crippen LogP contribution in [0, 0.1) is 5.41 Å². The van der Waals surface area contributed by atoms with Crippen molar-refractivity contribution in [1.29, 1.82) is 0 Å². The quantitative estimate of drug-likeness (QED) is 0.578. The van der Waals surface area contributed by atoms with Crippen LogP contribution in [0.15, 0.2) is 0 Å². The fourth-order valence-electron chi connectivity index (χ4n) is 0.667. The summed E-state index contributed by atoms with van der Waals surface area (Å²) in [4.78, 5) is 0. The van der Waals surface area contributed by atoms with Gasteiger partial charge in [0.2, 0.25) is 0 Å². The minimum absolute atomic E-state index is 0.289. The molecule has 0 rings (SSSR count). The highest BCUT2D eigenvalue weighted by Gasteiger charge is 2.07. The van der Waals surface area contributed by atoms with Gasteiger partial charge in [-0.1, -0.05) is 20.8 Å². The monoisotopic (exact) mass is 145 g/mol. The number of aliphatic hydroxyl groups excluding tert-OH is 1. The Morgan fingerprint density at radius 3 is 2.30 bits per heavy atom. The van der Waals surface area contributed by atoms with Crippen LogP contribution in [0.3, 0.4) is 0 Å². The van der Waals surface area contributed by atoms with Crippen molar-refractivity contribution < 1.29 is 5.11 Å². The Bertz CT molecular complexity index is 75.8. The molecule has 2 nitrogen and oxygen atoms in total. The summed E-state index contributed by atoms with van der Waals surface area (Å²) in [6, 6.07) is 0. The van der Waals surface area contributed by atoms with Gasteiger partial charge in [0.05, 0.1) is 0 Å². The van der Waals surface area contributed by atoms with Crippen LogP contribution in [-0.4, -0.2) is 24.8 Å². The Morgan fingerprint density at radius 2 is 1.90 bits per heavy atom. The summed E-state index contributed by atoms with van der Waals surface area (Å²) in [7, 11) is 0. The molecule has 0 saturated heterocycles. The van der Waals surface area contributed by atoms with Crippen molar-refractivity contribution >= 4 is 0 Å². The number of nitrogens with one attached hydrogen (secondary N) is 1. The van der Waals surface area contributed by atoms with E-state index in [2.05, 4.69) is 26.1 Å². The molecule has 0 saturated carbocycles. The van der Waals surface area contributed by atoms with E-state index in [0.29, 0.717) is 5.41 Å². The first-order valence-corrected chi connectivity index (χ1v) is 3.88. The molecule has 0 aromatic heterocycles. The molecule has 0 aliphatic heterocycles. The van der Waals surface area contributed by atoms with Crippen molar-refractivity contribution in [2.45, 2.75) is 27.2 Å². The summed E-state index contributed by atoms with van der Waals surface area (Å²) in [6.45, 7) is 8.81. The highest BCUT2D eigenvalue weighted by Crippen LogP contribution is 2.09. The molecule has 0 aliphatic rings. The van der Waals surface area contributed by atoms with Gasteiger partial charge in [0, 0.05) is 6.61 Å². The highest BCUT2D eigenvalue weighted by atomic mass is 16.3. The third-order valence-corrected chi connectivity index (χ3v) is 1.17. The molecule has 10 heavy (non-hydrogen) atoms. The van der Waals surface area contributed by atoms with E-state index < -0.39 is 0 Å². The van der Waals surface area contributed by atoms with Crippen molar-refractivity contribution in [3.05, 3.63) is 0 Å². The molecule has 62 valence electrons. The molecular weight excluding hydrogens is 126 g/mol. The smallest absolute Gasteiger partial charge is 0.0443 e. The van der Waals surface area contributed by atoms with Crippen LogP contribution in [0.25, 0.3) is 0 Å². The molecule has 0 fully saturated rings. The predicted octanol–water partition coefficient (Wildman–Crippen LogP) is 1.00. The highest BCUT2D eigenvalue weighted by molar-refractivity contribution is 4.64. The summed E-state index contributed by atoms with van der Waals surface area (Å²) in [5.74, 6) is 0. The van der Waals surface area contributed by atoms with E-state index in [-0.39, 0.29) is 6.61 Å². The normalized spacial score (nSPS) is 12.0. The van der Waals surface area contributed by atoms with E-state index in [1.165, 1.54) is 0 Å². The van der Waals surface area contributed by atoms with Gasteiger partial charge in [0.25, 0.3) is 0 Å². The van der Waals surface area contributed by atoms with E-state index in [4.69, 9.17) is 5.11 Å². The molecule has 0 spiro atoms. The predicted molar refractivity (Wildman–Crippen MR) is 44.0 cm³/mol. The summed E-state index contributed by atoms with van der Waals surface area (Å²) < 4.78 is 0. The van der Waals surface area contributed by atoms with Crippen molar-refractivity contribution in [3.63, 3.8) is 0 Å². The van der Waals surface area contributed by atoms with E-state index in [1.807, 2.05) is 0 Å². The van der Waals surface area contributed by atoms with Crippen LogP contribution in [0.2, 0.25) is 0 Å². The number of hydrogen-bond donors (Lipinski definition) is 2. The van der Waals surface area contributed by atoms with Crippen LogP contribution in [0.5, 0.6) is 0 Å². The Hall–Kier alpha value is -0.0800. The topological polar surface area (TPSA) is 32.3 Å². The standard InChI is InChI=1S/C8H19NO/c1-8(2,3)7-9-5-4-6-10/h9-10H,4-7H2,1-3H3. The Labute approximate surface area is 63.6 Å². The van der Waals surface area contributed by atoms with Gasteiger partial charge in [-0.2, -0.15) is 0 Å². The van der Waals surface area contributed by atoms with Gasteiger partial charge in [-0.05, 0) is 24.9 Å². The van der Waals surface area contributed by atoms with Crippen LogP contribution in [0.4, 0.5) is 0 Å². The molecule has 0 aromatic rings. The molecule has 2 N–H and O–H groups in total. The lowest BCUT2D eigenvalue weighted by molar-refractivity contribution is 0.280. The maximum atomic E-state index is 8.46. The lowest BCUT2D eigenvalue weighted by Crippen LogP contribution is -2.27. The fourth-order valence-corrected chi connectivity index (χ4v) is 0.667. The largest absolute Gasteiger partial charge is 0.396 e. The maximum Gasteiger partial charge on any atom is 0.0443 e. The van der Waals surface area contributed by atoms with Gasteiger partial charge >= 0.3 is 0 Å². The second-order valence-electron chi connectivity index (χ2n) is 3.81. The van der Waals surface area contributed by atoms with E-state index in [0.717, 1.165) is 19.5 Å². The zero-order valence-electron chi connectivity index (χ0n) is 7.28. The molecular formula is C8H19NO. The zero-order valence-corrected chi connectivity index (χ0v) is 7.28.